The number of hydrogen-bond acceptors (Lipinski definition) is 3. The molecule has 98 valence electrons. The highest BCUT2D eigenvalue weighted by atomic mass is 16.3. The highest BCUT2D eigenvalue weighted by Gasteiger charge is 2.39. The van der Waals surface area contributed by atoms with Gasteiger partial charge in [0.15, 0.2) is 0 Å². The molecule has 0 spiro atoms. The number of aliphatic hydroxyl groups excluding tert-OH is 1. The van der Waals surface area contributed by atoms with E-state index in [1.54, 1.807) is 6.92 Å². The third kappa shape index (κ3) is 3.33. The summed E-state index contributed by atoms with van der Waals surface area (Å²) >= 11 is 0. The summed E-state index contributed by atoms with van der Waals surface area (Å²) in [4.78, 5) is 14.1. The number of rotatable bonds is 4. The minimum absolute atomic E-state index is 0.0251. The van der Waals surface area contributed by atoms with Crippen LogP contribution in [0.15, 0.2) is 0 Å². The number of amides is 2. The van der Waals surface area contributed by atoms with E-state index in [0.29, 0.717) is 6.04 Å². The van der Waals surface area contributed by atoms with Crippen molar-refractivity contribution in [3.8, 4) is 0 Å². The van der Waals surface area contributed by atoms with E-state index in [0.717, 1.165) is 19.0 Å². The Kier molecular flexibility index (Phi) is 3.89. The fourth-order valence-electron chi connectivity index (χ4n) is 2.57. The topological polar surface area (TPSA) is 64.6 Å². The average molecular weight is 241 g/mol. The van der Waals surface area contributed by atoms with Gasteiger partial charge in [0.25, 0.3) is 0 Å². The summed E-state index contributed by atoms with van der Waals surface area (Å²) in [5, 5.41) is 14.6. The molecule has 3 atom stereocenters. The molecule has 5 heteroatoms. The maximum absolute atomic E-state index is 11.6. The van der Waals surface area contributed by atoms with Gasteiger partial charge in [-0.05, 0) is 33.1 Å². The smallest absolute Gasteiger partial charge is 0.315 e. The molecule has 5 nitrogen and oxygen atoms in total. The first-order chi connectivity index (χ1) is 8.10. The van der Waals surface area contributed by atoms with Crippen LogP contribution in [0, 0.1) is 0 Å². The maximum Gasteiger partial charge on any atom is 0.315 e. The summed E-state index contributed by atoms with van der Waals surface area (Å²) < 4.78 is 0. The number of carbonyl (C=O) groups excluding carboxylic acids is 1. The van der Waals surface area contributed by atoms with Crippen molar-refractivity contribution in [3.63, 3.8) is 0 Å². The molecular formula is C12H23N3O2. The Balaban J connectivity index is 1.74. The zero-order valence-electron chi connectivity index (χ0n) is 10.6. The lowest BCUT2D eigenvalue weighted by atomic mass is 10.2. The Morgan fingerprint density at radius 3 is 2.82 bits per heavy atom. The first-order valence-corrected chi connectivity index (χ1v) is 6.53. The monoisotopic (exact) mass is 241 g/mol. The molecule has 2 rings (SSSR count). The molecule has 1 saturated carbocycles. The summed E-state index contributed by atoms with van der Waals surface area (Å²) in [5.41, 5.74) is 0. The minimum atomic E-state index is -0.187. The van der Waals surface area contributed by atoms with Crippen molar-refractivity contribution in [1.29, 1.82) is 0 Å². The van der Waals surface area contributed by atoms with Crippen LogP contribution in [0.1, 0.15) is 33.1 Å². The number of likely N-dealkylation sites (tertiary alicyclic amines) is 1. The Labute approximate surface area is 103 Å². The quantitative estimate of drug-likeness (QED) is 0.663. The number of urea groups is 1. The first kappa shape index (κ1) is 12.6. The van der Waals surface area contributed by atoms with Gasteiger partial charge in [-0.2, -0.15) is 0 Å². The second-order valence-electron chi connectivity index (χ2n) is 5.41. The lowest BCUT2D eigenvalue weighted by Crippen LogP contribution is -2.47. The van der Waals surface area contributed by atoms with Crippen molar-refractivity contribution in [1.82, 2.24) is 15.5 Å². The van der Waals surface area contributed by atoms with Crippen molar-refractivity contribution in [2.75, 3.05) is 13.2 Å². The number of hydrogen-bond donors (Lipinski definition) is 3. The number of nitrogens with one attached hydrogen (secondary N) is 2. The van der Waals surface area contributed by atoms with Crippen LogP contribution in [0.5, 0.6) is 0 Å². The molecule has 2 amide bonds. The molecule has 1 aliphatic carbocycles. The van der Waals surface area contributed by atoms with Crippen LogP contribution in [0.2, 0.25) is 0 Å². The zero-order valence-corrected chi connectivity index (χ0v) is 10.6. The van der Waals surface area contributed by atoms with Crippen LogP contribution >= 0.6 is 0 Å². The summed E-state index contributed by atoms with van der Waals surface area (Å²) in [6.45, 7) is 4.96. The van der Waals surface area contributed by atoms with Gasteiger partial charge < -0.3 is 15.7 Å². The Hall–Kier alpha value is -0.810. The maximum atomic E-state index is 11.6. The third-order valence-corrected chi connectivity index (χ3v) is 3.63. The molecule has 0 aromatic heterocycles. The van der Waals surface area contributed by atoms with Crippen LogP contribution in [-0.2, 0) is 0 Å². The van der Waals surface area contributed by atoms with Crippen LogP contribution in [0.3, 0.4) is 0 Å². The van der Waals surface area contributed by atoms with E-state index in [2.05, 4.69) is 22.5 Å². The molecule has 1 heterocycles. The molecule has 1 aliphatic heterocycles. The molecule has 2 fully saturated rings. The Bertz CT molecular complexity index is 281. The molecule has 0 radical (unpaired) electrons. The van der Waals surface area contributed by atoms with E-state index in [9.17, 15) is 4.79 Å². The highest BCUT2D eigenvalue weighted by Crippen LogP contribution is 2.33. The largest absolute Gasteiger partial charge is 0.394 e. The molecule has 2 unspecified atom stereocenters. The van der Waals surface area contributed by atoms with Gasteiger partial charge in [-0.1, -0.05) is 0 Å². The summed E-state index contributed by atoms with van der Waals surface area (Å²) in [5.74, 6) is 0. The van der Waals surface area contributed by atoms with Crippen molar-refractivity contribution in [3.05, 3.63) is 0 Å². The van der Waals surface area contributed by atoms with Crippen LogP contribution in [0.25, 0.3) is 0 Å². The predicted octanol–water partition coefficient (Wildman–Crippen LogP) is 0.292. The van der Waals surface area contributed by atoms with Gasteiger partial charge in [-0.3, -0.25) is 4.90 Å². The standard InChI is InChI=1S/C12H23N3O2/c1-8(7-16)13-12(17)14-10-5-9(2)15(6-10)11-3-4-11/h8-11,16H,3-7H2,1-2H3,(H2,13,14,17)/t8-,9?,10?/m0/s1. The summed E-state index contributed by atoms with van der Waals surface area (Å²) in [6.07, 6.45) is 3.65. The van der Waals surface area contributed by atoms with Crippen molar-refractivity contribution in [2.24, 2.45) is 0 Å². The highest BCUT2D eigenvalue weighted by molar-refractivity contribution is 5.74. The number of nitrogens with zero attached hydrogens (tertiary/aromatic N) is 1. The fraction of sp³-hybridized carbons (Fsp3) is 0.917. The van der Waals surface area contributed by atoms with Crippen LogP contribution in [-0.4, -0.2) is 53.4 Å². The van der Waals surface area contributed by atoms with Gasteiger partial charge in [0.2, 0.25) is 0 Å². The average Bonchev–Trinajstić information content (AvgIpc) is 3.04. The van der Waals surface area contributed by atoms with E-state index < -0.39 is 0 Å². The minimum Gasteiger partial charge on any atom is -0.394 e. The van der Waals surface area contributed by atoms with Gasteiger partial charge >= 0.3 is 6.03 Å². The lowest BCUT2D eigenvalue weighted by molar-refractivity contribution is 0.216. The first-order valence-electron chi connectivity index (χ1n) is 6.53. The predicted molar refractivity (Wildman–Crippen MR) is 65.8 cm³/mol. The fourth-order valence-corrected chi connectivity index (χ4v) is 2.57. The van der Waals surface area contributed by atoms with Gasteiger partial charge in [0, 0.05) is 24.7 Å². The van der Waals surface area contributed by atoms with Crippen molar-refractivity contribution < 1.29 is 9.90 Å². The third-order valence-electron chi connectivity index (χ3n) is 3.63. The van der Waals surface area contributed by atoms with E-state index in [-0.39, 0.29) is 24.7 Å². The molecule has 1 saturated heterocycles. The second-order valence-corrected chi connectivity index (χ2v) is 5.41. The van der Waals surface area contributed by atoms with E-state index >= 15 is 0 Å². The van der Waals surface area contributed by atoms with E-state index in [1.165, 1.54) is 12.8 Å². The lowest BCUT2D eigenvalue weighted by Gasteiger charge is -2.20. The van der Waals surface area contributed by atoms with E-state index in [1.807, 2.05) is 0 Å². The second kappa shape index (κ2) is 5.23. The van der Waals surface area contributed by atoms with Crippen molar-refractivity contribution in [2.45, 2.75) is 57.3 Å². The van der Waals surface area contributed by atoms with Gasteiger partial charge in [0.1, 0.15) is 0 Å². The molecule has 2 aliphatic rings. The number of carbonyl (C=O) groups is 1. The van der Waals surface area contributed by atoms with E-state index in [4.69, 9.17) is 5.11 Å². The van der Waals surface area contributed by atoms with Gasteiger partial charge in [0.05, 0.1) is 12.6 Å². The molecule has 0 aromatic rings. The molecular weight excluding hydrogens is 218 g/mol. The molecule has 3 N–H and O–H groups in total. The Morgan fingerprint density at radius 2 is 2.24 bits per heavy atom. The molecule has 0 bridgehead atoms. The van der Waals surface area contributed by atoms with Gasteiger partial charge in [-0.25, -0.2) is 4.79 Å². The van der Waals surface area contributed by atoms with Crippen molar-refractivity contribution >= 4 is 6.03 Å². The normalized spacial score (nSPS) is 31.2. The summed E-state index contributed by atoms with van der Waals surface area (Å²) in [7, 11) is 0. The van der Waals surface area contributed by atoms with Gasteiger partial charge in [-0.15, -0.1) is 0 Å². The molecule has 17 heavy (non-hydrogen) atoms. The SMILES string of the molecule is CC1CC(NC(=O)N[C@@H](C)CO)CN1C1CC1. The van der Waals surface area contributed by atoms with Crippen LogP contribution < -0.4 is 10.6 Å². The number of aliphatic hydroxyl groups is 1. The zero-order chi connectivity index (χ0) is 12.4. The molecule has 0 aromatic carbocycles. The summed E-state index contributed by atoms with van der Waals surface area (Å²) in [6, 6.07) is 1.23. The van der Waals surface area contributed by atoms with Crippen LogP contribution in [0.4, 0.5) is 4.79 Å². The Morgan fingerprint density at radius 1 is 1.53 bits per heavy atom.